The minimum absolute atomic E-state index is 0.211. The first-order valence-electron chi connectivity index (χ1n) is 20.1. The van der Waals surface area contributed by atoms with Crippen molar-refractivity contribution in [2.45, 2.75) is 19.3 Å². The molecule has 11 aromatic rings. The number of hydrogen-bond acceptors (Lipinski definition) is 0. The van der Waals surface area contributed by atoms with Crippen LogP contribution in [0.3, 0.4) is 0 Å². The second-order valence-corrected chi connectivity index (χ2v) is 16.3. The predicted molar refractivity (Wildman–Crippen MR) is 245 cm³/mol. The SMILES string of the molecule is CC1(C)c2cc(-c3c4ccccc4c(-c4ccccc4)c4ccccc34)cc3ccc4cc(-c5c6ccccc6c(-c6ccccc6)c6ccccc56)cc1c4c23. The summed E-state index contributed by atoms with van der Waals surface area (Å²) in [6.45, 7) is 4.88. The molecular weight excluding hydrogens is 685 g/mol. The van der Waals surface area contributed by atoms with Gasteiger partial charge in [-0.3, -0.25) is 0 Å². The van der Waals surface area contributed by atoms with Gasteiger partial charge in [0.05, 0.1) is 0 Å². The van der Waals surface area contributed by atoms with E-state index in [1.165, 1.54) is 120 Å². The number of benzene rings is 11. The Hall–Kier alpha value is -7.02. The Bertz CT molecular complexity index is 3110. The first-order chi connectivity index (χ1) is 28.1. The molecule has 0 bridgehead atoms. The zero-order valence-corrected chi connectivity index (χ0v) is 32.0. The third-order valence-corrected chi connectivity index (χ3v) is 12.9. The minimum atomic E-state index is -0.211. The van der Waals surface area contributed by atoms with Gasteiger partial charge in [0.25, 0.3) is 0 Å². The molecule has 12 rings (SSSR count). The summed E-state index contributed by atoms with van der Waals surface area (Å²) < 4.78 is 0. The number of rotatable bonds is 4. The van der Waals surface area contributed by atoms with E-state index in [4.69, 9.17) is 0 Å². The average Bonchev–Trinajstić information content (AvgIpc) is 3.49. The highest BCUT2D eigenvalue weighted by molar-refractivity contribution is 6.25. The summed E-state index contributed by atoms with van der Waals surface area (Å²) in [7, 11) is 0. The molecule has 0 fully saturated rings. The zero-order chi connectivity index (χ0) is 37.8. The largest absolute Gasteiger partial charge is 0.0622 e. The van der Waals surface area contributed by atoms with Gasteiger partial charge in [0, 0.05) is 5.41 Å². The molecular formula is C57H38. The fraction of sp³-hybridized carbons (Fsp3) is 0.0526. The highest BCUT2D eigenvalue weighted by Gasteiger charge is 2.35. The van der Waals surface area contributed by atoms with Gasteiger partial charge in [-0.25, -0.2) is 0 Å². The van der Waals surface area contributed by atoms with Crippen molar-refractivity contribution >= 4 is 64.6 Å². The van der Waals surface area contributed by atoms with Crippen LogP contribution in [-0.4, -0.2) is 0 Å². The van der Waals surface area contributed by atoms with Crippen LogP contribution in [0.4, 0.5) is 0 Å². The van der Waals surface area contributed by atoms with Crippen molar-refractivity contribution in [1.29, 1.82) is 0 Å². The monoisotopic (exact) mass is 722 g/mol. The molecule has 0 saturated heterocycles. The molecule has 0 radical (unpaired) electrons. The number of fused-ring (bicyclic) bond motifs is 4. The van der Waals surface area contributed by atoms with Crippen molar-refractivity contribution in [3.8, 4) is 44.5 Å². The molecule has 0 unspecified atom stereocenters. The van der Waals surface area contributed by atoms with Crippen molar-refractivity contribution in [2.75, 3.05) is 0 Å². The van der Waals surface area contributed by atoms with Crippen LogP contribution in [0.2, 0.25) is 0 Å². The lowest BCUT2D eigenvalue weighted by atomic mass is 9.78. The van der Waals surface area contributed by atoms with Crippen LogP contribution >= 0.6 is 0 Å². The van der Waals surface area contributed by atoms with Gasteiger partial charge < -0.3 is 0 Å². The maximum atomic E-state index is 2.53. The first kappa shape index (κ1) is 32.2. The van der Waals surface area contributed by atoms with Gasteiger partial charge in [0.1, 0.15) is 0 Å². The summed E-state index contributed by atoms with van der Waals surface area (Å²) in [5.74, 6) is 0. The molecule has 0 heterocycles. The van der Waals surface area contributed by atoms with Crippen LogP contribution in [0.25, 0.3) is 109 Å². The van der Waals surface area contributed by atoms with E-state index in [0.717, 1.165) is 0 Å². The van der Waals surface area contributed by atoms with E-state index in [0.29, 0.717) is 0 Å². The van der Waals surface area contributed by atoms with E-state index >= 15 is 0 Å². The molecule has 0 saturated carbocycles. The molecule has 266 valence electrons. The maximum absolute atomic E-state index is 2.53. The molecule has 1 aliphatic rings. The van der Waals surface area contributed by atoms with Crippen LogP contribution < -0.4 is 0 Å². The Morgan fingerprint density at radius 3 is 0.825 bits per heavy atom. The number of hydrogen-bond donors (Lipinski definition) is 0. The molecule has 0 aliphatic heterocycles. The van der Waals surface area contributed by atoms with E-state index in [9.17, 15) is 0 Å². The smallest absolute Gasteiger partial charge is 0.0159 e. The summed E-state index contributed by atoms with van der Waals surface area (Å²) in [6, 6.07) is 72.5. The Kier molecular flexibility index (Phi) is 6.78. The summed E-state index contributed by atoms with van der Waals surface area (Å²) in [4.78, 5) is 0. The zero-order valence-electron chi connectivity index (χ0n) is 32.0. The van der Waals surface area contributed by atoms with E-state index in [1.54, 1.807) is 0 Å². The van der Waals surface area contributed by atoms with Crippen molar-refractivity contribution in [3.05, 3.63) is 205 Å². The van der Waals surface area contributed by atoms with Gasteiger partial charge >= 0.3 is 0 Å². The molecule has 0 atom stereocenters. The molecule has 0 aromatic heterocycles. The molecule has 57 heavy (non-hydrogen) atoms. The Morgan fingerprint density at radius 2 is 0.526 bits per heavy atom. The van der Waals surface area contributed by atoms with Crippen molar-refractivity contribution in [1.82, 2.24) is 0 Å². The third kappa shape index (κ3) is 4.56. The van der Waals surface area contributed by atoms with Crippen LogP contribution in [0.5, 0.6) is 0 Å². The lowest BCUT2D eigenvalue weighted by Gasteiger charge is -2.24. The van der Waals surface area contributed by atoms with E-state index in [1.807, 2.05) is 0 Å². The Labute approximate surface area is 332 Å². The highest BCUT2D eigenvalue weighted by Crippen LogP contribution is 2.54. The molecule has 0 spiro atoms. The molecule has 0 nitrogen and oxygen atoms in total. The van der Waals surface area contributed by atoms with Gasteiger partial charge in [-0.2, -0.15) is 0 Å². The van der Waals surface area contributed by atoms with Crippen molar-refractivity contribution < 1.29 is 0 Å². The first-order valence-corrected chi connectivity index (χ1v) is 20.1. The van der Waals surface area contributed by atoms with E-state index in [-0.39, 0.29) is 5.41 Å². The van der Waals surface area contributed by atoms with Gasteiger partial charge in [-0.15, -0.1) is 0 Å². The molecule has 1 aliphatic carbocycles. The average molecular weight is 723 g/mol. The van der Waals surface area contributed by atoms with Crippen LogP contribution in [-0.2, 0) is 5.41 Å². The van der Waals surface area contributed by atoms with Crippen molar-refractivity contribution in [3.63, 3.8) is 0 Å². The topological polar surface area (TPSA) is 0 Å². The highest BCUT2D eigenvalue weighted by atomic mass is 14.4. The van der Waals surface area contributed by atoms with E-state index in [2.05, 4.69) is 208 Å². The summed E-state index contributed by atoms with van der Waals surface area (Å²) >= 11 is 0. The lowest BCUT2D eigenvalue weighted by Crippen LogP contribution is -2.15. The lowest BCUT2D eigenvalue weighted by molar-refractivity contribution is 0.663. The molecule has 0 amide bonds. The van der Waals surface area contributed by atoms with Gasteiger partial charge in [-0.05, 0) is 145 Å². The Balaban J connectivity index is 1.11. The summed E-state index contributed by atoms with van der Waals surface area (Å²) in [6.07, 6.45) is 0. The standard InChI is InChI=1S/C57H38/c1-57(2)49-33-39(53-45-25-13-9-21-41(45)51(35-17-5-3-6-18-35)42-22-10-14-26-46(42)53)31-37-29-30-38-32-40(34-50(57)56(38)55(37)49)54-47-27-15-11-23-43(47)52(36-19-7-4-8-20-36)44-24-12-16-28-48(44)54/h3-34H,1-2H3. The molecule has 11 aromatic carbocycles. The second-order valence-electron chi connectivity index (χ2n) is 16.3. The summed E-state index contributed by atoms with van der Waals surface area (Å²) in [5.41, 5.74) is 12.9. The molecule has 0 heteroatoms. The van der Waals surface area contributed by atoms with Crippen LogP contribution in [0, 0.1) is 0 Å². The van der Waals surface area contributed by atoms with E-state index < -0.39 is 0 Å². The van der Waals surface area contributed by atoms with Crippen molar-refractivity contribution in [2.24, 2.45) is 0 Å². The normalized spacial score (nSPS) is 13.2. The van der Waals surface area contributed by atoms with Crippen LogP contribution in [0.1, 0.15) is 25.0 Å². The van der Waals surface area contributed by atoms with Crippen LogP contribution in [0.15, 0.2) is 194 Å². The minimum Gasteiger partial charge on any atom is -0.0622 e. The van der Waals surface area contributed by atoms with Gasteiger partial charge in [-0.1, -0.05) is 184 Å². The fourth-order valence-corrected chi connectivity index (χ4v) is 10.5. The predicted octanol–water partition coefficient (Wildman–Crippen LogP) is 15.9. The second kappa shape index (κ2) is 12.0. The van der Waals surface area contributed by atoms with Gasteiger partial charge in [0.15, 0.2) is 0 Å². The summed E-state index contributed by atoms with van der Waals surface area (Å²) in [5, 5.41) is 15.7. The third-order valence-electron chi connectivity index (χ3n) is 12.9. The fourth-order valence-electron chi connectivity index (χ4n) is 10.5. The quantitative estimate of drug-likeness (QED) is 0.125. The molecule has 0 N–H and O–H groups in total. The maximum Gasteiger partial charge on any atom is 0.0159 e. The van der Waals surface area contributed by atoms with Gasteiger partial charge in [0.2, 0.25) is 0 Å². The Morgan fingerprint density at radius 1 is 0.263 bits per heavy atom.